The highest BCUT2D eigenvalue weighted by molar-refractivity contribution is 7.89. The van der Waals surface area contributed by atoms with E-state index in [-0.39, 0.29) is 16.5 Å². The molecule has 2 aromatic carbocycles. The molecule has 0 radical (unpaired) electrons. The van der Waals surface area contributed by atoms with E-state index >= 15 is 0 Å². The van der Waals surface area contributed by atoms with Crippen molar-refractivity contribution in [1.82, 2.24) is 9.29 Å². The van der Waals surface area contributed by atoms with Crippen molar-refractivity contribution < 1.29 is 17.6 Å². The van der Waals surface area contributed by atoms with Crippen LogP contribution in [-0.4, -0.2) is 30.2 Å². The maximum atomic E-state index is 13.5. The number of hydrogen-bond donors (Lipinski definition) is 1. The van der Waals surface area contributed by atoms with Crippen molar-refractivity contribution in [2.45, 2.75) is 30.2 Å². The summed E-state index contributed by atoms with van der Waals surface area (Å²) in [6, 6.07) is 17.8. The number of piperidine rings is 1. The normalized spacial score (nSPS) is 16.7. The molecular weight excluding hydrogens is 466 g/mol. The number of aromatic nitrogens is 1. The number of carbonyl (C=O) groups is 1. The Morgan fingerprint density at radius 3 is 2.60 bits per heavy atom. The van der Waals surface area contributed by atoms with Crippen LogP contribution < -0.4 is 10.9 Å². The Morgan fingerprint density at radius 1 is 1.03 bits per heavy atom. The molecule has 5 rings (SSSR count). The van der Waals surface area contributed by atoms with E-state index in [0.717, 1.165) is 24.8 Å². The van der Waals surface area contributed by atoms with E-state index in [9.17, 15) is 18.0 Å². The number of carbonyl (C=O) groups excluding carboxylic acids is 1. The topological polar surface area (TPSA) is 110 Å². The number of anilines is 1. The van der Waals surface area contributed by atoms with Gasteiger partial charge in [-0.05, 0) is 60.9 Å². The van der Waals surface area contributed by atoms with Crippen LogP contribution in [0.5, 0.6) is 0 Å². The highest BCUT2D eigenvalue weighted by atomic mass is 32.2. The van der Waals surface area contributed by atoms with Crippen molar-refractivity contribution in [3.8, 4) is 0 Å². The Hall–Kier alpha value is -3.82. The van der Waals surface area contributed by atoms with Gasteiger partial charge >= 0.3 is 5.63 Å². The van der Waals surface area contributed by atoms with Crippen LogP contribution in [-0.2, 0) is 10.0 Å². The number of benzene rings is 2. The summed E-state index contributed by atoms with van der Waals surface area (Å²) in [5, 5.41) is 3.27. The van der Waals surface area contributed by atoms with E-state index in [1.54, 1.807) is 36.7 Å². The number of pyridine rings is 1. The molecule has 8 nitrogen and oxygen atoms in total. The van der Waals surface area contributed by atoms with Gasteiger partial charge in [0, 0.05) is 30.0 Å². The predicted molar refractivity (Wildman–Crippen MR) is 132 cm³/mol. The third-order valence-electron chi connectivity index (χ3n) is 6.13. The number of rotatable bonds is 5. The van der Waals surface area contributed by atoms with Gasteiger partial charge in [-0.25, -0.2) is 13.2 Å². The summed E-state index contributed by atoms with van der Waals surface area (Å²) in [5.41, 5.74) is 0.753. The van der Waals surface area contributed by atoms with Crippen LogP contribution in [0.2, 0.25) is 0 Å². The molecule has 1 amide bonds. The highest BCUT2D eigenvalue weighted by Crippen LogP contribution is 2.35. The first kappa shape index (κ1) is 22.9. The van der Waals surface area contributed by atoms with Gasteiger partial charge in [-0.3, -0.25) is 9.78 Å². The van der Waals surface area contributed by atoms with E-state index in [4.69, 9.17) is 4.42 Å². The molecule has 4 aromatic rings. The van der Waals surface area contributed by atoms with Crippen molar-refractivity contribution in [1.29, 1.82) is 0 Å². The quantitative estimate of drug-likeness (QED) is 0.417. The SMILES string of the molecule is O=C(Nc1ccc(S(=O)(=O)N2CCCC[C@@H]2c2cccnc2)cc1)c1cc2ccccc2oc1=O. The second-order valence-electron chi connectivity index (χ2n) is 8.38. The fourth-order valence-electron chi connectivity index (χ4n) is 4.36. The van der Waals surface area contributed by atoms with Gasteiger partial charge in [0.05, 0.1) is 10.9 Å². The summed E-state index contributed by atoms with van der Waals surface area (Å²) in [5.74, 6) is -0.632. The lowest BCUT2D eigenvalue weighted by molar-refractivity contribution is 0.102. The van der Waals surface area contributed by atoms with Crippen LogP contribution in [0.25, 0.3) is 11.0 Å². The average Bonchev–Trinajstić information content (AvgIpc) is 2.89. The molecule has 1 N–H and O–H groups in total. The monoisotopic (exact) mass is 489 g/mol. The molecule has 0 spiro atoms. The number of para-hydroxylation sites is 1. The Bertz CT molecular complexity index is 1530. The summed E-state index contributed by atoms with van der Waals surface area (Å²) in [7, 11) is -3.76. The van der Waals surface area contributed by atoms with Crippen molar-refractivity contribution in [3.05, 3.63) is 101 Å². The molecule has 0 bridgehead atoms. The van der Waals surface area contributed by atoms with Crippen molar-refractivity contribution in [2.75, 3.05) is 11.9 Å². The van der Waals surface area contributed by atoms with E-state index < -0.39 is 21.6 Å². The number of sulfonamides is 1. The van der Waals surface area contributed by atoms with Crippen LogP contribution in [0.1, 0.15) is 41.2 Å². The molecule has 0 saturated carbocycles. The summed E-state index contributed by atoms with van der Waals surface area (Å²) in [4.78, 5) is 29.2. The average molecular weight is 490 g/mol. The first-order valence-corrected chi connectivity index (χ1v) is 12.7. The Labute approximate surface area is 202 Å². The van der Waals surface area contributed by atoms with Crippen LogP contribution >= 0.6 is 0 Å². The van der Waals surface area contributed by atoms with Gasteiger partial charge in [-0.1, -0.05) is 30.7 Å². The minimum absolute atomic E-state index is 0.131. The minimum Gasteiger partial charge on any atom is -0.422 e. The predicted octanol–water partition coefficient (Wildman–Crippen LogP) is 4.36. The third-order valence-corrected chi connectivity index (χ3v) is 8.05. The summed E-state index contributed by atoms with van der Waals surface area (Å²) >= 11 is 0. The van der Waals surface area contributed by atoms with Crippen molar-refractivity contribution in [2.24, 2.45) is 0 Å². The molecule has 2 aromatic heterocycles. The van der Waals surface area contributed by atoms with E-state index in [0.29, 0.717) is 23.2 Å². The number of hydrogen-bond acceptors (Lipinski definition) is 6. The molecule has 1 aliphatic heterocycles. The van der Waals surface area contributed by atoms with Gasteiger partial charge in [-0.15, -0.1) is 0 Å². The Balaban J connectivity index is 1.37. The summed E-state index contributed by atoms with van der Waals surface area (Å²) in [6.07, 6.45) is 5.84. The molecule has 1 saturated heterocycles. The standard InChI is InChI=1S/C26H23N3O5S/c30-25(22-16-18-6-1-2-9-24(18)34-26(22)31)28-20-10-12-21(13-11-20)35(32,33)29-15-4-3-8-23(29)19-7-5-14-27-17-19/h1-2,5-7,9-14,16-17,23H,3-4,8,15H2,(H,28,30)/t23-/m1/s1. The molecule has 35 heavy (non-hydrogen) atoms. The van der Waals surface area contributed by atoms with Gasteiger partial charge in [-0.2, -0.15) is 4.31 Å². The van der Waals surface area contributed by atoms with Crippen molar-refractivity contribution in [3.63, 3.8) is 0 Å². The van der Waals surface area contributed by atoms with E-state index in [2.05, 4.69) is 10.3 Å². The van der Waals surface area contributed by atoms with Gasteiger partial charge < -0.3 is 9.73 Å². The first-order chi connectivity index (χ1) is 16.9. The number of fused-ring (bicyclic) bond motifs is 1. The molecule has 1 aliphatic rings. The molecule has 178 valence electrons. The summed E-state index contributed by atoms with van der Waals surface area (Å²) in [6.45, 7) is 0.429. The van der Waals surface area contributed by atoms with Crippen LogP contribution in [0.15, 0.2) is 93.2 Å². The minimum atomic E-state index is -3.76. The molecule has 1 atom stereocenters. The fourth-order valence-corrected chi connectivity index (χ4v) is 6.05. The van der Waals surface area contributed by atoms with Crippen LogP contribution in [0.4, 0.5) is 5.69 Å². The van der Waals surface area contributed by atoms with Crippen LogP contribution in [0, 0.1) is 0 Å². The first-order valence-electron chi connectivity index (χ1n) is 11.3. The van der Waals surface area contributed by atoms with Gasteiger partial charge in [0.2, 0.25) is 10.0 Å². The fraction of sp³-hybridized carbons (Fsp3) is 0.192. The number of nitrogens with zero attached hydrogens (tertiary/aromatic N) is 2. The molecular formula is C26H23N3O5S. The van der Waals surface area contributed by atoms with Gasteiger partial charge in [0.25, 0.3) is 5.91 Å². The summed E-state index contributed by atoms with van der Waals surface area (Å²) < 4.78 is 33.7. The lowest BCUT2D eigenvalue weighted by Crippen LogP contribution is -2.38. The molecule has 0 aliphatic carbocycles. The zero-order valence-corrected chi connectivity index (χ0v) is 19.6. The Kier molecular flexibility index (Phi) is 6.19. The van der Waals surface area contributed by atoms with Crippen LogP contribution in [0.3, 0.4) is 0 Å². The second kappa shape index (κ2) is 9.44. The third kappa shape index (κ3) is 4.60. The maximum Gasteiger partial charge on any atom is 0.349 e. The number of amides is 1. The lowest BCUT2D eigenvalue weighted by atomic mass is 9.99. The zero-order valence-electron chi connectivity index (χ0n) is 18.8. The largest absolute Gasteiger partial charge is 0.422 e. The maximum absolute atomic E-state index is 13.5. The lowest BCUT2D eigenvalue weighted by Gasteiger charge is -2.34. The molecule has 3 heterocycles. The Morgan fingerprint density at radius 2 is 1.83 bits per heavy atom. The van der Waals surface area contributed by atoms with E-state index in [1.807, 2.05) is 12.1 Å². The zero-order chi connectivity index (χ0) is 24.4. The van der Waals surface area contributed by atoms with E-state index in [1.165, 1.54) is 34.6 Å². The van der Waals surface area contributed by atoms with Gasteiger partial charge in [0.15, 0.2) is 0 Å². The highest BCUT2D eigenvalue weighted by Gasteiger charge is 2.34. The molecule has 0 unspecified atom stereocenters. The smallest absolute Gasteiger partial charge is 0.349 e. The van der Waals surface area contributed by atoms with Crippen molar-refractivity contribution >= 4 is 32.6 Å². The second-order valence-corrected chi connectivity index (χ2v) is 10.3. The van der Waals surface area contributed by atoms with Gasteiger partial charge in [0.1, 0.15) is 11.1 Å². The molecule has 1 fully saturated rings. The molecule has 9 heteroatoms. The number of nitrogens with one attached hydrogen (secondary N) is 1.